The first kappa shape index (κ1) is 13.5. The molecule has 0 saturated heterocycles. The normalized spacial score (nSPS) is 12.6. The Kier molecular flexibility index (Phi) is 4.16. The van der Waals surface area contributed by atoms with Gasteiger partial charge in [-0.3, -0.25) is 9.78 Å². The first-order valence-corrected chi connectivity index (χ1v) is 6.33. The molecule has 0 fully saturated rings. The zero-order chi connectivity index (χ0) is 13.8. The molecule has 5 nitrogen and oxygen atoms in total. The molecule has 1 atom stereocenters. The fraction of sp³-hybridized carbons (Fsp3) is 0.429. The van der Waals surface area contributed by atoms with Crippen molar-refractivity contribution in [3.63, 3.8) is 0 Å². The maximum Gasteiger partial charge on any atom is 0.242 e. The molecule has 1 unspecified atom stereocenters. The molecule has 2 heterocycles. The second kappa shape index (κ2) is 5.84. The molecule has 0 aromatic carbocycles. The number of carbonyl (C=O) groups is 1. The third-order valence-electron chi connectivity index (χ3n) is 3.24. The van der Waals surface area contributed by atoms with E-state index < -0.39 is 0 Å². The summed E-state index contributed by atoms with van der Waals surface area (Å²) in [6.45, 7) is 4.96. The average Bonchev–Trinajstić information content (AvgIpc) is 2.76. The molecule has 1 N–H and O–H groups in total. The van der Waals surface area contributed by atoms with E-state index in [1.165, 1.54) is 0 Å². The van der Waals surface area contributed by atoms with Crippen LogP contribution in [0.25, 0.3) is 10.9 Å². The van der Waals surface area contributed by atoms with E-state index in [0.717, 1.165) is 16.5 Å². The fourth-order valence-electron chi connectivity index (χ4n) is 2.13. The summed E-state index contributed by atoms with van der Waals surface area (Å²) in [6, 6.07) is 1.68. The second-order valence-electron chi connectivity index (χ2n) is 4.57. The van der Waals surface area contributed by atoms with E-state index in [9.17, 15) is 4.79 Å². The predicted molar refractivity (Wildman–Crippen MR) is 74.1 cm³/mol. The van der Waals surface area contributed by atoms with Gasteiger partial charge in [0.15, 0.2) is 0 Å². The Morgan fingerprint density at radius 1 is 1.58 bits per heavy atom. The highest BCUT2D eigenvalue weighted by Crippen LogP contribution is 2.23. The molecular weight excluding hydrogens is 242 g/mol. The number of nitrogens with zero attached hydrogens (tertiary/aromatic N) is 2. The largest absolute Gasteiger partial charge is 0.383 e. The zero-order valence-corrected chi connectivity index (χ0v) is 11.5. The summed E-state index contributed by atoms with van der Waals surface area (Å²) in [5.41, 5.74) is 2.15. The van der Waals surface area contributed by atoms with Crippen LogP contribution in [-0.2, 0) is 9.53 Å². The Hall–Kier alpha value is -1.88. The quantitative estimate of drug-likeness (QED) is 0.833. The van der Waals surface area contributed by atoms with E-state index in [4.69, 9.17) is 4.74 Å². The van der Waals surface area contributed by atoms with Crippen molar-refractivity contribution < 1.29 is 9.53 Å². The molecule has 0 radical (unpaired) electrons. The predicted octanol–water partition coefficient (Wildman–Crippen LogP) is 1.67. The number of methoxy groups -OCH3 is 1. The maximum atomic E-state index is 12.1. The molecule has 0 aliphatic rings. The van der Waals surface area contributed by atoms with Crippen molar-refractivity contribution in [2.75, 3.05) is 20.3 Å². The lowest BCUT2D eigenvalue weighted by Gasteiger charge is -2.15. The number of hydrogen-bond acceptors (Lipinski definition) is 3. The number of hydrogen-bond donors (Lipinski definition) is 1. The van der Waals surface area contributed by atoms with Gasteiger partial charge in [0.25, 0.3) is 0 Å². The lowest BCUT2D eigenvalue weighted by Crippen LogP contribution is -2.33. The van der Waals surface area contributed by atoms with Gasteiger partial charge in [-0.2, -0.15) is 0 Å². The number of aryl methyl sites for hydroxylation is 1. The van der Waals surface area contributed by atoms with Crippen LogP contribution in [0.1, 0.15) is 18.5 Å². The lowest BCUT2D eigenvalue weighted by molar-refractivity contribution is -0.123. The molecule has 5 heteroatoms. The van der Waals surface area contributed by atoms with Crippen LogP contribution in [0.3, 0.4) is 0 Å². The number of fused-ring (bicyclic) bond motifs is 1. The van der Waals surface area contributed by atoms with Gasteiger partial charge in [0.05, 0.1) is 12.1 Å². The zero-order valence-electron chi connectivity index (χ0n) is 11.5. The summed E-state index contributed by atoms with van der Waals surface area (Å²) in [6.07, 6.45) is 5.57. The molecule has 0 saturated carbocycles. The lowest BCUT2D eigenvalue weighted by atomic mass is 10.2. The SMILES string of the molecule is COCCNC(=O)C(C)n1cc(C)c2cnccc21. The Morgan fingerprint density at radius 3 is 3.11 bits per heavy atom. The van der Waals surface area contributed by atoms with Crippen LogP contribution < -0.4 is 5.32 Å². The third kappa shape index (κ3) is 2.76. The highest BCUT2D eigenvalue weighted by atomic mass is 16.5. The molecule has 0 aliphatic heterocycles. The van der Waals surface area contributed by atoms with Crippen LogP contribution in [0, 0.1) is 6.92 Å². The molecule has 2 aromatic heterocycles. The fourth-order valence-corrected chi connectivity index (χ4v) is 2.13. The van der Waals surface area contributed by atoms with Gasteiger partial charge in [0, 0.05) is 37.6 Å². The topological polar surface area (TPSA) is 56.1 Å². The van der Waals surface area contributed by atoms with Crippen molar-refractivity contribution in [3.05, 3.63) is 30.2 Å². The number of nitrogens with one attached hydrogen (secondary N) is 1. The van der Waals surface area contributed by atoms with Gasteiger partial charge in [0.2, 0.25) is 5.91 Å². The minimum Gasteiger partial charge on any atom is -0.383 e. The summed E-state index contributed by atoms with van der Waals surface area (Å²) in [7, 11) is 1.62. The average molecular weight is 261 g/mol. The highest BCUT2D eigenvalue weighted by Gasteiger charge is 2.17. The minimum atomic E-state index is -0.254. The van der Waals surface area contributed by atoms with Gasteiger partial charge in [-0.25, -0.2) is 0 Å². The summed E-state index contributed by atoms with van der Waals surface area (Å²) in [5.74, 6) is -0.00855. The number of amides is 1. The van der Waals surface area contributed by atoms with Gasteiger partial charge in [-0.05, 0) is 25.5 Å². The van der Waals surface area contributed by atoms with E-state index in [0.29, 0.717) is 13.2 Å². The standard InChI is InChI=1S/C14H19N3O2/c1-10-9-17(13-4-5-15-8-12(10)13)11(2)14(18)16-6-7-19-3/h4-5,8-9,11H,6-7H2,1-3H3,(H,16,18). The van der Waals surface area contributed by atoms with Gasteiger partial charge in [0.1, 0.15) is 6.04 Å². The van der Waals surface area contributed by atoms with Gasteiger partial charge in [-0.1, -0.05) is 0 Å². The number of rotatable bonds is 5. The molecule has 0 aliphatic carbocycles. The van der Waals surface area contributed by atoms with E-state index in [2.05, 4.69) is 10.3 Å². The van der Waals surface area contributed by atoms with E-state index in [-0.39, 0.29) is 11.9 Å². The number of carbonyl (C=O) groups excluding carboxylic acids is 1. The molecule has 2 rings (SSSR count). The Labute approximate surface area is 112 Å². The van der Waals surface area contributed by atoms with Crippen molar-refractivity contribution in [1.29, 1.82) is 0 Å². The number of ether oxygens (including phenoxy) is 1. The van der Waals surface area contributed by atoms with Crippen LogP contribution in [0.4, 0.5) is 0 Å². The third-order valence-corrected chi connectivity index (χ3v) is 3.24. The first-order chi connectivity index (χ1) is 9.15. The van der Waals surface area contributed by atoms with Crippen molar-refractivity contribution in [3.8, 4) is 0 Å². The number of pyridine rings is 1. The molecule has 0 bridgehead atoms. The van der Waals surface area contributed by atoms with Crippen LogP contribution in [0.15, 0.2) is 24.7 Å². The minimum absolute atomic E-state index is 0.00855. The van der Waals surface area contributed by atoms with E-state index in [1.54, 1.807) is 13.3 Å². The Bertz CT molecular complexity index is 577. The van der Waals surface area contributed by atoms with Crippen LogP contribution >= 0.6 is 0 Å². The van der Waals surface area contributed by atoms with Crippen LogP contribution in [0.2, 0.25) is 0 Å². The molecule has 1 amide bonds. The summed E-state index contributed by atoms with van der Waals surface area (Å²) < 4.78 is 6.90. The smallest absolute Gasteiger partial charge is 0.242 e. The van der Waals surface area contributed by atoms with Crippen LogP contribution in [-0.4, -0.2) is 35.7 Å². The Balaban J connectivity index is 2.21. The molecule has 2 aromatic rings. The van der Waals surface area contributed by atoms with Gasteiger partial charge >= 0.3 is 0 Å². The van der Waals surface area contributed by atoms with Gasteiger partial charge in [-0.15, -0.1) is 0 Å². The summed E-state index contributed by atoms with van der Waals surface area (Å²) in [4.78, 5) is 16.2. The molecule has 102 valence electrons. The monoisotopic (exact) mass is 261 g/mol. The second-order valence-corrected chi connectivity index (χ2v) is 4.57. The molecular formula is C14H19N3O2. The molecule has 0 spiro atoms. The van der Waals surface area contributed by atoms with Crippen LogP contribution in [0.5, 0.6) is 0 Å². The molecule has 19 heavy (non-hydrogen) atoms. The summed E-state index contributed by atoms with van der Waals surface area (Å²) >= 11 is 0. The Morgan fingerprint density at radius 2 is 2.37 bits per heavy atom. The highest BCUT2D eigenvalue weighted by molar-refractivity contribution is 5.87. The van der Waals surface area contributed by atoms with Crippen molar-refractivity contribution in [2.45, 2.75) is 19.9 Å². The maximum absolute atomic E-state index is 12.1. The van der Waals surface area contributed by atoms with Crippen molar-refractivity contribution in [1.82, 2.24) is 14.9 Å². The van der Waals surface area contributed by atoms with Crippen molar-refractivity contribution in [2.24, 2.45) is 0 Å². The number of aromatic nitrogens is 2. The van der Waals surface area contributed by atoms with Gasteiger partial charge < -0.3 is 14.6 Å². The van der Waals surface area contributed by atoms with E-state index >= 15 is 0 Å². The van der Waals surface area contributed by atoms with E-state index in [1.807, 2.05) is 36.9 Å². The first-order valence-electron chi connectivity index (χ1n) is 6.33. The van der Waals surface area contributed by atoms with Crippen molar-refractivity contribution >= 4 is 16.8 Å². The summed E-state index contributed by atoms with van der Waals surface area (Å²) in [5, 5.41) is 3.94.